The highest BCUT2D eigenvalue weighted by Crippen LogP contribution is 2.24. The molecule has 0 spiro atoms. The van der Waals surface area contributed by atoms with E-state index < -0.39 is 6.04 Å². The van der Waals surface area contributed by atoms with Crippen molar-refractivity contribution in [3.05, 3.63) is 71.8 Å². The summed E-state index contributed by atoms with van der Waals surface area (Å²) in [7, 11) is 0. The average molecular weight is 394 g/mol. The molecule has 3 N–H and O–H groups in total. The Bertz CT molecular complexity index is 786. The maximum atomic E-state index is 13.0. The first-order valence-electron chi connectivity index (χ1n) is 10.5. The molecule has 5 nitrogen and oxygen atoms in total. The lowest BCUT2D eigenvalue weighted by Crippen LogP contribution is -2.51. The van der Waals surface area contributed by atoms with Gasteiger partial charge < -0.3 is 16.0 Å². The van der Waals surface area contributed by atoms with Gasteiger partial charge in [0.15, 0.2) is 0 Å². The lowest BCUT2D eigenvalue weighted by Gasteiger charge is -2.35. The molecule has 154 valence electrons. The lowest BCUT2D eigenvalue weighted by atomic mass is 9.93. The van der Waals surface area contributed by atoms with Crippen LogP contribution in [0.4, 0.5) is 0 Å². The van der Waals surface area contributed by atoms with Crippen molar-refractivity contribution in [2.75, 3.05) is 13.1 Å². The first kappa shape index (κ1) is 21.1. The summed E-state index contributed by atoms with van der Waals surface area (Å²) >= 11 is 0. The molecule has 1 aliphatic rings. The molecule has 3 rings (SSSR count). The highest BCUT2D eigenvalue weighted by atomic mass is 16.2. The van der Waals surface area contributed by atoms with E-state index in [1.54, 1.807) is 0 Å². The summed E-state index contributed by atoms with van der Waals surface area (Å²) in [4.78, 5) is 27.4. The monoisotopic (exact) mass is 393 g/mol. The zero-order chi connectivity index (χ0) is 20.6. The SMILES string of the molecule is CCC(C(=O)N1CCC(NC(=O)[C@@H](N)Cc2ccccc2)CC1)c1ccccc1. The van der Waals surface area contributed by atoms with Crippen molar-refractivity contribution in [3.63, 3.8) is 0 Å². The van der Waals surface area contributed by atoms with Gasteiger partial charge in [0.05, 0.1) is 12.0 Å². The molecule has 1 unspecified atom stereocenters. The second-order valence-corrected chi connectivity index (χ2v) is 7.78. The van der Waals surface area contributed by atoms with E-state index in [9.17, 15) is 9.59 Å². The van der Waals surface area contributed by atoms with Gasteiger partial charge in [0, 0.05) is 19.1 Å². The summed E-state index contributed by atoms with van der Waals surface area (Å²) in [6.07, 6.45) is 2.84. The quantitative estimate of drug-likeness (QED) is 0.760. The fourth-order valence-corrected chi connectivity index (χ4v) is 3.97. The van der Waals surface area contributed by atoms with Crippen LogP contribution in [0.1, 0.15) is 43.2 Å². The number of carbonyl (C=O) groups excluding carboxylic acids is 2. The Morgan fingerprint density at radius 3 is 2.21 bits per heavy atom. The fourth-order valence-electron chi connectivity index (χ4n) is 3.97. The second-order valence-electron chi connectivity index (χ2n) is 7.78. The Morgan fingerprint density at radius 2 is 1.62 bits per heavy atom. The molecule has 0 aliphatic carbocycles. The van der Waals surface area contributed by atoms with Crippen LogP contribution in [0.3, 0.4) is 0 Å². The molecule has 0 bridgehead atoms. The molecular weight excluding hydrogens is 362 g/mol. The van der Waals surface area contributed by atoms with E-state index in [0.29, 0.717) is 19.5 Å². The van der Waals surface area contributed by atoms with Crippen LogP contribution in [0.2, 0.25) is 0 Å². The van der Waals surface area contributed by atoms with Crippen molar-refractivity contribution in [2.24, 2.45) is 5.73 Å². The van der Waals surface area contributed by atoms with Gasteiger partial charge >= 0.3 is 0 Å². The molecule has 2 amide bonds. The Morgan fingerprint density at radius 1 is 1.03 bits per heavy atom. The molecule has 0 aromatic heterocycles. The summed E-state index contributed by atoms with van der Waals surface area (Å²) in [5.41, 5.74) is 8.22. The minimum absolute atomic E-state index is 0.0742. The van der Waals surface area contributed by atoms with Crippen molar-refractivity contribution in [1.82, 2.24) is 10.2 Å². The van der Waals surface area contributed by atoms with Crippen LogP contribution in [-0.4, -0.2) is 41.9 Å². The Labute approximate surface area is 173 Å². The van der Waals surface area contributed by atoms with Gasteiger partial charge in [0.2, 0.25) is 11.8 Å². The third-order valence-corrected chi connectivity index (χ3v) is 5.70. The predicted molar refractivity (Wildman–Crippen MR) is 115 cm³/mol. The van der Waals surface area contributed by atoms with Gasteiger partial charge in [-0.15, -0.1) is 0 Å². The lowest BCUT2D eigenvalue weighted by molar-refractivity contribution is -0.134. The largest absolute Gasteiger partial charge is 0.352 e. The maximum absolute atomic E-state index is 13.0. The van der Waals surface area contributed by atoms with E-state index in [4.69, 9.17) is 5.73 Å². The Kier molecular flexibility index (Phi) is 7.42. The first-order chi connectivity index (χ1) is 14.1. The number of carbonyl (C=O) groups is 2. The van der Waals surface area contributed by atoms with E-state index in [1.807, 2.05) is 65.6 Å². The number of rotatable bonds is 7. The van der Waals surface area contributed by atoms with E-state index in [-0.39, 0.29) is 23.8 Å². The fraction of sp³-hybridized carbons (Fsp3) is 0.417. The summed E-state index contributed by atoms with van der Waals surface area (Å²) in [6, 6.07) is 19.3. The molecular formula is C24H31N3O2. The molecule has 0 saturated carbocycles. The van der Waals surface area contributed by atoms with Crippen LogP contribution in [0.25, 0.3) is 0 Å². The third kappa shape index (κ3) is 5.67. The number of piperidine rings is 1. The minimum atomic E-state index is -0.556. The van der Waals surface area contributed by atoms with E-state index >= 15 is 0 Å². The van der Waals surface area contributed by atoms with E-state index in [2.05, 4.69) is 12.2 Å². The van der Waals surface area contributed by atoms with Gasteiger partial charge in [-0.05, 0) is 36.8 Å². The summed E-state index contributed by atoms with van der Waals surface area (Å²) in [5.74, 6) is -0.0276. The van der Waals surface area contributed by atoms with Gasteiger partial charge in [-0.3, -0.25) is 9.59 Å². The number of amides is 2. The van der Waals surface area contributed by atoms with Crippen molar-refractivity contribution in [1.29, 1.82) is 0 Å². The predicted octanol–water partition coefficient (Wildman–Crippen LogP) is 2.86. The molecule has 1 fully saturated rings. The van der Waals surface area contributed by atoms with Gasteiger partial charge in [-0.25, -0.2) is 0 Å². The standard InChI is InChI=1S/C24H31N3O2/c1-2-21(19-11-7-4-8-12-19)24(29)27-15-13-20(14-16-27)26-23(28)22(25)17-18-9-5-3-6-10-18/h3-12,20-22H,2,13-17,25H2,1H3,(H,26,28)/t21?,22-/m0/s1. The zero-order valence-corrected chi connectivity index (χ0v) is 17.1. The molecule has 1 heterocycles. The highest BCUT2D eigenvalue weighted by Gasteiger charge is 2.29. The summed E-state index contributed by atoms with van der Waals surface area (Å²) in [5, 5.41) is 3.07. The van der Waals surface area contributed by atoms with Gasteiger partial charge in [-0.1, -0.05) is 67.6 Å². The molecule has 1 aliphatic heterocycles. The first-order valence-corrected chi connectivity index (χ1v) is 10.5. The average Bonchev–Trinajstić information content (AvgIpc) is 2.76. The molecule has 0 radical (unpaired) electrons. The number of hydrogen-bond acceptors (Lipinski definition) is 3. The summed E-state index contributed by atoms with van der Waals surface area (Å²) < 4.78 is 0. The number of likely N-dealkylation sites (tertiary alicyclic amines) is 1. The molecule has 5 heteroatoms. The van der Waals surface area contributed by atoms with Crippen LogP contribution < -0.4 is 11.1 Å². The van der Waals surface area contributed by atoms with Crippen molar-refractivity contribution >= 4 is 11.8 Å². The topological polar surface area (TPSA) is 75.4 Å². The van der Waals surface area contributed by atoms with Crippen molar-refractivity contribution < 1.29 is 9.59 Å². The number of nitrogens with zero attached hydrogens (tertiary/aromatic N) is 1. The van der Waals surface area contributed by atoms with E-state index in [1.165, 1.54) is 0 Å². The smallest absolute Gasteiger partial charge is 0.237 e. The van der Waals surface area contributed by atoms with Crippen LogP contribution >= 0.6 is 0 Å². The van der Waals surface area contributed by atoms with Crippen LogP contribution in [0.15, 0.2) is 60.7 Å². The normalized spacial score (nSPS) is 16.8. The zero-order valence-electron chi connectivity index (χ0n) is 17.1. The molecule has 2 aromatic rings. The van der Waals surface area contributed by atoms with Gasteiger partial charge in [0.25, 0.3) is 0 Å². The van der Waals surface area contributed by atoms with Crippen LogP contribution in [0.5, 0.6) is 0 Å². The summed E-state index contributed by atoms with van der Waals surface area (Å²) in [6.45, 7) is 3.39. The molecule has 2 aromatic carbocycles. The molecule has 1 saturated heterocycles. The number of nitrogens with two attached hydrogens (primary N) is 1. The number of hydrogen-bond donors (Lipinski definition) is 2. The van der Waals surface area contributed by atoms with Gasteiger partial charge in [0.1, 0.15) is 0 Å². The van der Waals surface area contributed by atoms with Crippen molar-refractivity contribution in [2.45, 2.75) is 50.6 Å². The van der Waals surface area contributed by atoms with Crippen LogP contribution in [0, 0.1) is 0 Å². The third-order valence-electron chi connectivity index (χ3n) is 5.70. The maximum Gasteiger partial charge on any atom is 0.237 e. The van der Waals surface area contributed by atoms with E-state index in [0.717, 1.165) is 30.4 Å². The number of benzene rings is 2. The minimum Gasteiger partial charge on any atom is -0.352 e. The number of nitrogens with one attached hydrogen (secondary N) is 1. The Hall–Kier alpha value is -2.66. The van der Waals surface area contributed by atoms with Crippen LogP contribution in [-0.2, 0) is 16.0 Å². The second kappa shape index (κ2) is 10.2. The molecule has 2 atom stereocenters. The highest BCUT2D eigenvalue weighted by molar-refractivity contribution is 5.84. The Balaban J connectivity index is 1.48. The van der Waals surface area contributed by atoms with Crippen molar-refractivity contribution in [3.8, 4) is 0 Å². The molecule has 29 heavy (non-hydrogen) atoms. The van der Waals surface area contributed by atoms with Gasteiger partial charge in [-0.2, -0.15) is 0 Å².